The van der Waals surface area contributed by atoms with Crippen LogP contribution in [0.1, 0.15) is 0 Å². The van der Waals surface area contributed by atoms with Crippen molar-refractivity contribution in [2.75, 3.05) is 5.32 Å². The molecule has 0 saturated carbocycles. The predicted octanol–water partition coefficient (Wildman–Crippen LogP) is 4.33. The maximum absolute atomic E-state index is 11.2. The van der Waals surface area contributed by atoms with E-state index in [1.54, 1.807) is 36.4 Å². The fourth-order valence-corrected chi connectivity index (χ4v) is 2.83. The third kappa shape index (κ3) is 6.08. The molecule has 0 bridgehead atoms. The van der Waals surface area contributed by atoms with Crippen LogP contribution in [-0.2, 0) is 10.1 Å². The molecule has 3 rings (SSSR count). The summed E-state index contributed by atoms with van der Waals surface area (Å²) in [5.41, 5.74) is 1.13. The number of azo groups is 1. The minimum Gasteiger partial charge on any atom is -0.508 e. The molecule has 10 nitrogen and oxygen atoms in total. The largest absolute Gasteiger partial charge is 0.508 e. The van der Waals surface area contributed by atoms with Crippen LogP contribution in [0.2, 0.25) is 0 Å². The van der Waals surface area contributed by atoms with E-state index in [0.717, 1.165) is 12.1 Å². The second-order valence-corrected chi connectivity index (χ2v) is 7.22. The van der Waals surface area contributed by atoms with E-state index in [9.17, 15) is 23.6 Å². The number of hydrogen-bond acceptors (Lipinski definition) is 8. The Bertz CT molecular complexity index is 1180. The van der Waals surface area contributed by atoms with E-state index in [1.165, 1.54) is 18.2 Å². The van der Waals surface area contributed by atoms with Gasteiger partial charge in [0, 0.05) is 41.3 Å². The first-order chi connectivity index (χ1) is 13.7. The summed E-state index contributed by atoms with van der Waals surface area (Å²) in [6.45, 7) is 0. The smallest absolute Gasteiger partial charge is 0.294 e. The Balaban J connectivity index is 0.00000320. The molecule has 1 radical (unpaired) electrons. The fourth-order valence-electron chi connectivity index (χ4n) is 2.33. The number of phenolic OH excluding ortho intramolecular Hbond substituents is 1. The van der Waals surface area contributed by atoms with E-state index in [2.05, 4.69) is 15.5 Å². The number of nitro groups is 1. The molecule has 0 heterocycles. The molecule has 3 aromatic rings. The van der Waals surface area contributed by atoms with Gasteiger partial charge in [-0.25, -0.2) is 0 Å². The number of rotatable bonds is 6. The summed E-state index contributed by atoms with van der Waals surface area (Å²) in [6.07, 6.45) is 0. The van der Waals surface area contributed by atoms with E-state index in [0.29, 0.717) is 17.1 Å². The van der Waals surface area contributed by atoms with Crippen molar-refractivity contribution in [1.29, 1.82) is 0 Å². The molecule has 3 N–H and O–H groups in total. The summed E-state index contributed by atoms with van der Waals surface area (Å²) < 4.78 is 31.4. The van der Waals surface area contributed by atoms with Crippen molar-refractivity contribution in [2.45, 2.75) is 4.90 Å². The molecule has 0 atom stereocenters. The molecule has 0 aliphatic carbocycles. The van der Waals surface area contributed by atoms with Gasteiger partial charge in [0.2, 0.25) is 0 Å². The van der Waals surface area contributed by atoms with E-state index < -0.39 is 25.6 Å². The Morgan fingerprint density at radius 2 is 1.43 bits per heavy atom. The zero-order chi connectivity index (χ0) is 21.0. The van der Waals surface area contributed by atoms with Gasteiger partial charge in [-0.15, -0.1) is 0 Å². The second-order valence-electron chi connectivity index (χ2n) is 5.80. The van der Waals surface area contributed by atoms with Gasteiger partial charge in [0.15, 0.2) is 0 Å². The van der Waals surface area contributed by atoms with Gasteiger partial charge >= 0.3 is 0 Å². The monoisotopic (exact) mass is 437 g/mol. The van der Waals surface area contributed by atoms with Crippen LogP contribution in [0.25, 0.3) is 0 Å². The van der Waals surface area contributed by atoms with Crippen molar-refractivity contribution in [1.82, 2.24) is 0 Å². The Morgan fingerprint density at radius 3 is 1.93 bits per heavy atom. The topological polar surface area (TPSA) is 154 Å². The molecular formula is C18H14N4NaO6S. The van der Waals surface area contributed by atoms with Gasteiger partial charge in [0.1, 0.15) is 16.3 Å². The van der Waals surface area contributed by atoms with Crippen LogP contribution < -0.4 is 5.32 Å². The van der Waals surface area contributed by atoms with Crippen LogP contribution in [0.4, 0.5) is 28.4 Å². The van der Waals surface area contributed by atoms with Crippen molar-refractivity contribution in [3.05, 3.63) is 76.8 Å². The standard InChI is InChI=1S/C18H14N4O6S.Na/c23-15-7-5-14(6-8-15)21-20-13-3-1-12(2-4-13)19-17-10-9-16(29(26,27)28)11-18(17)22(24)25;/h1-11,19,23H,(H,26,27,28);. The molecule has 0 aliphatic heterocycles. The maximum atomic E-state index is 11.2. The van der Waals surface area contributed by atoms with Gasteiger partial charge in [-0.05, 0) is 60.7 Å². The molecule has 3 aromatic carbocycles. The second kappa shape index (κ2) is 9.78. The van der Waals surface area contributed by atoms with Crippen LogP contribution in [0, 0.1) is 10.1 Å². The summed E-state index contributed by atoms with van der Waals surface area (Å²) in [5.74, 6) is 0.123. The number of aromatic hydroxyl groups is 1. The van der Waals surface area contributed by atoms with E-state index >= 15 is 0 Å². The number of nitrogens with one attached hydrogen (secondary N) is 1. The van der Waals surface area contributed by atoms with Crippen molar-refractivity contribution < 1.29 is 23.0 Å². The number of hydrogen-bond donors (Lipinski definition) is 3. The van der Waals surface area contributed by atoms with Crippen molar-refractivity contribution >= 4 is 68.1 Å². The molecule has 0 unspecified atom stereocenters. The summed E-state index contributed by atoms with van der Waals surface area (Å²) in [6, 6.07) is 15.7. The molecule has 149 valence electrons. The predicted molar refractivity (Wildman–Crippen MR) is 111 cm³/mol. The van der Waals surface area contributed by atoms with Gasteiger partial charge in [0.05, 0.1) is 16.3 Å². The van der Waals surface area contributed by atoms with E-state index in [1.807, 2.05) is 0 Å². The van der Waals surface area contributed by atoms with Crippen LogP contribution in [0.3, 0.4) is 0 Å². The van der Waals surface area contributed by atoms with E-state index in [4.69, 9.17) is 4.55 Å². The first-order valence-corrected chi connectivity index (χ1v) is 9.50. The van der Waals surface area contributed by atoms with Crippen LogP contribution in [-0.4, -0.2) is 52.6 Å². The number of phenols is 1. The summed E-state index contributed by atoms with van der Waals surface area (Å²) in [4.78, 5) is 9.91. The van der Waals surface area contributed by atoms with Gasteiger partial charge in [-0.2, -0.15) is 18.6 Å². The van der Waals surface area contributed by atoms with Crippen LogP contribution in [0.15, 0.2) is 81.9 Å². The average molecular weight is 437 g/mol. The minimum absolute atomic E-state index is 0. The van der Waals surface area contributed by atoms with Crippen LogP contribution in [0.5, 0.6) is 5.75 Å². The van der Waals surface area contributed by atoms with Gasteiger partial charge in [-0.3, -0.25) is 14.7 Å². The summed E-state index contributed by atoms with van der Waals surface area (Å²) in [5, 5.41) is 31.4. The first kappa shape index (κ1) is 23.4. The quantitative estimate of drug-likeness (QED) is 0.170. The Hall–Kier alpha value is -2.83. The third-order valence-electron chi connectivity index (χ3n) is 3.74. The Morgan fingerprint density at radius 1 is 0.900 bits per heavy atom. The normalized spacial score (nSPS) is 11.1. The van der Waals surface area contributed by atoms with Gasteiger partial charge in [0.25, 0.3) is 15.8 Å². The number of benzene rings is 3. The molecule has 0 fully saturated rings. The summed E-state index contributed by atoms with van der Waals surface area (Å²) >= 11 is 0. The Labute approximate surface area is 193 Å². The zero-order valence-electron chi connectivity index (χ0n) is 15.6. The minimum atomic E-state index is -4.55. The molecule has 30 heavy (non-hydrogen) atoms. The van der Waals surface area contributed by atoms with E-state index in [-0.39, 0.29) is 41.0 Å². The van der Waals surface area contributed by atoms with Crippen molar-refractivity contribution in [3.63, 3.8) is 0 Å². The first-order valence-electron chi connectivity index (χ1n) is 8.06. The number of nitrogens with zero attached hydrogens (tertiary/aromatic N) is 3. The number of anilines is 2. The summed E-state index contributed by atoms with van der Waals surface area (Å²) in [7, 11) is -4.55. The fraction of sp³-hybridized carbons (Fsp3) is 0. The Kier molecular flexibility index (Phi) is 7.65. The zero-order valence-corrected chi connectivity index (χ0v) is 18.4. The van der Waals surface area contributed by atoms with Crippen LogP contribution >= 0.6 is 0 Å². The van der Waals surface area contributed by atoms with Crippen molar-refractivity contribution in [2.24, 2.45) is 10.2 Å². The SMILES string of the molecule is O=[N+]([O-])c1cc(S(=O)(=O)O)ccc1Nc1ccc(N=Nc2ccc(O)cc2)cc1.[Na]. The molecule has 0 aromatic heterocycles. The molecule has 0 aliphatic rings. The molecule has 0 saturated heterocycles. The number of nitro benzene ring substituents is 1. The maximum Gasteiger partial charge on any atom is 0.294 e. The molecular weight excluding hydrogens is 423 g/mol. The van der Waals surface area contributed by atoms with Crippen molar-refractivity contribution in [3.8, 4) is 5.75 Å². The molecule has 0 amide bonds. The third-order valence-corrected chi connectivity index (χ3v) is 4.59. The molecule has 12 heteroatoms. The average Bonchev–Trinajstić information content (AvgIpc) is 2.68. The van der Waals surface area contributed by atoms with Gasteiger partial charge in [-0.1, -0.05) is 0 Å². The molecule has 0 spiro atoms. The van der Waals surface area contributed by atoms with Gasteiger partial charge < -0.3 is 10.4 Å².